The average Bonchev–Trinajstić information content (AvgIpc) is 3.85. The molecule has 0 unspecified atom stereocenters. The van der Waals surface area contributed by atoms with E-state index in [0.29, 0.717) is 82.3 Å². The fourth-order valence-electron chi connectivity index (χ4n) is 4.22. The maximum absolute atomic E-state index is 12.0. The number of halogens is 1. The van der Waals surface area contributed by atoms with Crippen LogP contribution in [-0.2, 0) is 4.79 Å². The van der Waals surface area contributed by atoms with Gasteiger partial charge in [-0.3, -0.25) is 9.78 Å². The van der Waals surface area contributed by atoms with Crippen molar-refractivity contribution in [2.75, 3.05) is 38.1 Å². The van der Waals surface area contributed by atoms with Crippen molar-refractivity contribution in [3.63, 3.8) is 0 Å². The van der Waals surface area contributed by atoms with E-state index in [2.05, 4.69) is 21.7 Å². The van der Waals surface area contributed by atoms with Crippen LogP contribution in [0.2, 0.25) is 0 Å². The van der Waals surface area contributed by atoms with E-state index in [1.807, 2.05) is 42.5 Å². The average molecular weight is 587 g/mol. The monoisotopic (exact) mass is 586 g/mol. The summed E-state index contributed by atoms with van der Waals surface area (Å²) in [7, 11) is 1.57. The van der Waals surface area contributed by atoms with Crippen molar-refractivity contribution in [2.24, 2.45) is 5.92 Å². The number of aromatic nitrogens is 1. The Morgan fingerprint density at radius 3 is 2.60 bits per heavy atom. The van der Waals surface area contributed by atoms with Gasteiger partial charge in [-0.2, -0.15) is 5.26 Å². The Bertz CT molecular complexity index is 1580. The molecule has 1 heterocycles. The molecule has 1 aliphatic rings. The van der Waals surface area contributed by atoms with Crippen LogP contribution in [0.15, 0.2) is 66.9 Å². The number of nitrogens with one attached hydrogen (secondary N) is 2. The normalized spacial score (nSPS) is 12.3. The molecule has 42 heavy (non-hydrogen) atoms. The minimum atomic E-state index is -0.132. The van der Waals surface area contributed by atoms with Gasteiger partial charge >= 0.3 is 0 Å². The fourth-order valence-corrected chi connectivity index (χ4v) is 4.33. The first kappa shape index (κ1) is 28.8. The molecule has 1 saturated carbocycles. The third kappa shape index (κ3) is 7.53. The van der Waals surface area contributed by atoms with E-state index in [4.69, 9.17) is 30.5 Å². The number of carbonyl (C=O) groups excluding carboxylic acids is 1. The van der Waals surface area contributed by atoms with E-state index in [-0.39, 0.29) is 12.5 Å². The summed E-state index contributed by atoms with van der Waals surface area (Å²) < 4.78 is 23.0. The second-order valence-electron chi connectivity index (χ2n) is 9.83. The van der Waals surface area contributed by atoms with Crippen molar-refractivity contribution in [1.29, 1.82) is 5.26 Å². The van der Waals surface area contributed by atoms with Gasteiger partial charge in [0.15, 0.2) is 18.1 Å². The van der Waals surface area contributed by atoms with Crippen LogP contribution in [-0.4, -0.2) is 43.6 Å². The molecule has 1 aliphatic carbocycles. The van der Waals surface area contributed by atoms with E-state index in [1.165, 1.54) is 19.0 Å². The summed E-state index contributed by atoms with van der Waals surface area (Å²) in [4.78, 5) is 16.4. The molecular weight excluding hydrogens is 556 g/mol. The van der Waals surface area contributed by atoms with Crippen LogP contribution in [0.25, 0.3) is 10.9 Å². The van der Waals surface area contributed by atoms with Gasteiger partial charge < -0.3 is 29.6 Å². The van der Waals surface area contributed by atoms with Gasteiger partial charge in [0.05, 0.1) is 30.5 Å². The number of anilines is 2. The van der Waals surface area contributed by atoms with E-state index in [9.17, 15) is 10.1 Å². The molecule has 5 rings (SSSR count). The number of alkyl halides is 1. The molecule has 0 aliphatic heterocycles. The van der Waals surface area contributed by atoms with Crippen LogP contribution in [0, 0.1) is 17.2 Å². The molecule has 2 N–H and O–H groups in total. The van der Waals surface area contributed by atoms with Gasteiger partial charge in [-0.25, -0.2) is 0 Å². The Balaban J connectivity index is 1.27. The maximum Gasteiger partial charge on any atom is 0.257 e. The van der Waals surface area contributed by atoms with E-state index < -0.39 is 0 Å². The first-order valence-corrected chi connectivity index (χ1v) is 14.2. The quantitative estimate of drug-likeness (QED) is 0.126. The second kappa shape index (κ2) is 13.8. The Labute approximate surface area is 249 Å². The van der Waals surface area contributed by atoms with Gasteiger partial charge in [-0.15, -0.1) is 11.6 Å². The van der Waals surface area contributed by atoms with E-state index in [1.54, 1.807) is 25.3 Å². The summed E-state index contributed by atoms with van der Waals surface area (Å²) in [5.74, 6) is 3.81. The van der Waals surface area contributed by atoms with Crippen molar-refractivity contribution in [2.45, 2.75) is 19.3 Å². The van der Waals surface area contributed by atoms with Crippen LogP contribution >= 0.6 is 11.6 Å². The number of nitrogens with zero attached hydrogens (tertiary/aromatic N) is 2. The Kier molecular flexibility index (Phi) is 9.47. The molecule has 1 fully saturated rings. The van der Waals surface area contributed by atoms with Crippen molar-refractivity contribution in [3.8, 4) is 34.8 Å². The van der Waals surface area contributed by atoms with E-state index >= 15 is 0 Å². The highest BCUT2D eigenvalue weighted by Crippen LogP contribution is 2.37. The van der Waals surface area contributed by atoms with Crippen LogP contribution < -0.4 is 29.6 Å². The first-order chi connectivity index (χ1) is 20.6. The fraction of sp³-hybridized carbons (Fsp3) is 0.281. The van der Waals surface area contributed by atoms with Crippen molar-refractivity contribution < 1.29 is 23.7 Å². The van der Waals surface area contributed by atoms with E-state index in [0.717, 1.165) is 5.69 Å². The summed E-state index contributed by atoms with van der Waals surface area (Å²) in [6, 6.07) is 20.3. The van der Waals surface area contributed by atoms with Gasteiger partial charge in [-0.1, -0.05) is 6.07 Å². The maximum atomic E-state index is 12.0. The molecule has 1 amide bonds. The number of carbonyl (C=O) groups is 1. The molecule has 10 heteroatoms. The van der Waals surface area contributed by atoms with Gasteiger partial charge in [0.1, 0.15) is 23.3 Å². The van der Waals surface area contributed by atoms with Crippen molar-refractivity contribution >= 4 is 39.8 Å². The topological polar surface area (TPSA) is 115 Å². The highest BCUT2D eigenvalue weighted by atomic mass is 35.5. The van der Waals surface area contributed by atoms with Crippen LogP contribution in [0.4, 0.5) is 11.4 Å². The number of pyridine rings is 1. The lowest BCUT2D eigenvalue weighted by Crippen LogP contribution is -2.30. The number of methoxy groups -OCH3 is 1. The number of amides is 1. The molecule has 9 nitrogen and oxygen atoms in total. The Hall–Kier alpha value is -4.68. The largest absolute Gasteiger partial charge is 0.493 e. The lowest BCUT2D eigenvalue weighted by Gasteiger charge is -2.15. The highest BCUT2D eigenvalue weighted by Gasteiger charge is 2.21. The number of ether oxygens (including phenoxy) is 4. The number of nitriles is 1. The van der Waals surface area contributed by atoms with Gasteiger partial charge in [-0.05, 0) is 67.6 Å². The summed E-state index contributed by atoms with van der Waals surface area (Å²) in [6.07, 6.45) is 4.60. The van der Waals surface area contributed by atoms with Crippen LogP contribution in [0.5, 0.6) is 28.7 Å². The number of hydrogen-bond acceptors (Lipinski definition) is 8. The number of benzene rings is 3. The Morgan fingerprint density at radius 2 is 1.86 bits per heavy atom. The van der Waals surface area contributed by atoms with Gasteiger partial charge in [0.2, 0.25) is 0 Å². The molecule has 0 bridgehead atoms. The standard InChI is InChI=1S/C32H31ClN4O5/c1-39-29-15-27-28(16-30(29)40-13-3-12-33)35-19-22(17-34)32(27)37-23-8-10-24(11-9-23)42-26-5-2-4-25(14-26)41-20-31(38)36-18-21-6-7-21/h2,4-5,8-11,14-16,19,21H,3,6-7,12-13,18,20H2,1H3,(H,35,37)(H,36,38). The summed E-state index contributed by atoms with van der Waals surface area (Å²) >= 11 is 5.78. The zero-order valence-corrected chi connectivity index (χ0v) is 23.9. The molecule has 4 aromatic rings. The predicted molar refractivity (Wildman–Crippen MR) is 161 cm³/mol. The van der Waals surface area contributed by atoms with Crippen LogP contribution in [0.1, 0.15) is 24.8 Å². The predicted octanol–water partition coefficient (Wildman–Crippen LogP) is 6.56. The molecular formula is C32H31ClN4O5. The van der Waals surface area contributed by atoms with Crippen LogP contribution in [0.3, 0.4) is 0 Å². The third-order valence-corrected chi connectivity index (χ3v) is 6.90. The lowest BCUT2D eigenvalue weighted by molar-refractivity contribution is -0.123. The molecule has 1 aromatic heterocycles. The van der Waals surface area contributed by atoms with Crippen molar-refractivity contribution in [3.05, 3.63) is 72.4 Å². The number of hydrogen-bond donors (Lipinski definition) is 2. The Morgan fingerprint density at radius 1 is 1.05 bits per heavy atom. The second-order valence-corrected chi connectivity index (χ2v) is 10.2. The minimum Gasteiger partial charge on any atom is -0.493 e. The first-order valence-electron chi connectivity index (χ1n) is 13.7. The smallest absolute Gasteiger partial charge is 0.257 e. The summed E-state index contributed by atoms with van der Waals surface area (Å²) in [6.45, 7) is 1.13. The highest BCUT2D eigenvalue weighted by molar-refractivity contribution is 6.17. The molecule has 216 valence electrons. The van der Waals surface area contributed by atoms with Gasteiger partial charge in [0.25, 0.3) is 5.91 Å². The number of rotatable bonds is 14. The van der Waals surface area contributed by atoms with Gasteiger partial charge in [0, 0.05) is 41.8 Å². The molecule has 0 atom stereocenters. The molecule has 0 spiro atoms. The molecule has 3 aromatic carbocycles. The summed E-state index contributed by atoms with van der Waals surface area (Å²) in [5.41, 5.74) is 2.40. The zero-order valence-electron chi connectivity index (χ0n) is 23.2. The molecule has 0 saturated heterocycles. The lowest BCUT2D eigenvalue weighted by atomic mass is 10.1. The molecule has 0 radical (unpaired) electrons. The zero-order chi connectivity index (χ0) is 29.3. The van der Waals surface area contributed by atoms with Crippen molar-refractivity contribution in [1.82, 2.24) is 10.3 Å². The number of fused-ring (bicyclic) bond motifs is 1. The summed E-state index contributed by atoms with van der Waals surface area (Å²) in [5, 5.41) is 16.7. The third-order valence-electron chi connectivity index (χ3n) is 6.63. The SMILES string of the molecule is COc1cc2c(Nc3ccc(Oc4cccc(OCC(=O)NCC5CC5)c4)cc3)c(C#N)cnc2cc1OCCCCl. The minimum absolute atomic E-state index is 0.0425.